The fourth-order valence-electron chi connectivity index (χ4n) is 2.78. The number of rotatable bonds is 7. The lowest BCUT2D eigenvalue weighted by Gasteiger charge is -2.13. The number of carbonyl (C=O) groups is 1. The van der Waals surface area contributed by atoms with Crippen LogP contribution in [0.4, 0.5) is 18.9 Å². The summed E-state index contributed by atoms with van der Waals surface area (Å²) in [6.07, 6.45) is -2.85. The van der Waals surface area contributed by atoms with Gasteiger partial charge in [-0.3, -0.25) is 9.36 Å². The number of aromatic nitrogens is 3. The lowest BCUT2D eigenvalue weighted by molar-refractivity contribution is -0.137. The quantitative estimate of drug-likeness (QED) is 0.377. The standard InChI is InChI=1S/C20H19F3N4OS2/c1-4-9-27-18(14-10-29-13(3)12(14)2)25-26-19(27)30-11-17(28)24-16-8-6-5-7-15(16)20(21,22)23/h4-8,10H,1,9,11H2,2-3H3,(H,24,28). The molecule has 0 atom stereocenters. The monoisotopic (exact) mass is 452 g/mol. The molecular weight excluding hydrogens is 433 g/mol. The van der Waals surface area contributed by atoms with E-state index in [-0.39, 0.29) is 11.4 Å². The topological polar surface area (TPSA) is 59.8 Å². The molecule has 5 nitrogen and oxygen atoms in total. The molecule has 0 aliphatic rings. The summed E-state index contributed by atoms with van der Waals surface area (Å²) >= 11 is 2.72. The molecule has 0 aliphatic carbocycles. The number of carbonyl (C=O) groups excluding carboxylic acids is 1. The van der Waals surface area contributed by atoms with E-state index in [2.05, 4.69) is 22.1 Å². The molecule has 3 aromatic rings. The number of allylic oxidation sites excluding steroid dienone is 1. The Kier molecular flexibility index (Phi) is 6.67. The predicted octanol–water partition coefficient (Wildman–Crippen LogP) is 5.56. The van der Waals surface area contributed by atoms with Crippen molar-refractivity contribution >= 4 is 34.7 Å². The molecule has 0 fully saturated rings. The van der Waals surface area contributed by atoms with Gasteiger partial charge in [0.2, 0.25) is 5.91 Å². The Balaban J connectivity index is 1.76. The van der Waals surface area contributed by atoms with Crippen molar-refractivity contribution in [3.8, 4) is 11.4 Å². The summed E-state index contributed by atoms with van der Waals surface area (Å²) in [5.74, 6) is -0.000580. The number of nitrogens with one attached hydrogen (secondary N) is 1. The molecule has 2 heterocycles. The number of anilines is 1. The summed E-state index contributed by atoms with van der Waals surface area (Å²) in [7, 11) is 0. The van der Waals surface area contributed by atoms with Crippen LogP contribution in [0.25, 0.3) is 11.4 Å². The minimum absolute atomic E-state index is 0.108. The van der Waals surface area contributed by atoms with Crippen LogP contribution in [0.3, 0.4) is 0 Å². The van der Waals surface area contributed by atoms with Crippen molar-refractivity contribution in [2.45, 2.75) is 31.7 Å². The summed E-state index contributed by atoms with van der Waals surface area (Å²) in [6, 6.07) is 4.88. The second-order valence-corrected chi connectivity index (χ2v) is 8.44. The van der Waals surface area contributed by atoms with Crippen molar-refractivity contribution in [2.24, 2.45) is 0 Å². The number of nitrogens with zero attached hydrogens (tertiary/aromatic N) is 3. The van der Waals surface area contributed by atoms with E-state index >= 15 is 0 Å². The van der Waals surface area contributed by atoms with E-state index in [0.717, 1.165) is 29.0 Å². The van der Waals surface area contributed by atoms with Gasteiger partial charge in [0.25, 0.3) is 0 Å². The van der Waals surface area contributed by atoms with Crippen LogP contribution < -0.4 is 5.32 Å². The highest BCUT2D eigenvalue weighted by molar-refractivity contribution is 7.99. The van der Waals surface area contributed by atoms with E-state index in [1.807, 2.05) is 23.8 Å². The molecule has 0 bridgehead atoms. The summed E-state index contributed by atoms with van der Waals surface area (Å²) in [5, 5.41) is 13.3. The second kappa shape index (κ2) is 9.05. The SMILES string of the molecule is C=CCn1c(SCC(=O)Nc2ccccc2C(F)(F)F)nnc1-c1csc(C)c1C. The number of hydrogen-bond donors (Lipinski definition) is 1. The molecule has 10 heteroatoms. The van der Waals surface area contributed by atoms with Gasteiger partial charge in [-0.15, -0.1) is 28.1 Å². The molecule has 1 N–H and O–H groups in total. The van der Waals surface area contributed by atoms with E-state index in [9.17, 15) is 18.0 Å². The zero-order valence-corrected chi connectivity index (χ0v) is 17.9. The van der Waals surface area contributed by atoms with Crippen molar-refractivity contribution in [3.05, 3.63) is 58.3 Å². The maximum Gasteiger partial charge on any atom is 0.418 e. The highest BCUT2D eigenvalue weighted by Crippen LogP contribution is 2.35. The summed E-state index contributed by atoms with van der Waals surface area (Å²) in [6.45, 7) is 8.23. The third-order valence-corrected chi connectivity index (χ3v) is 6.37. The summed E-state index contributed by atoms with van der Waals surface area (Å²) in [4.78, 5) is 13.5. The molecule has 1 aromatic carbocycles. The number of benzene rings is 1. The third kappa shape index (κ3) is 4.76. The van der Waals surface area contributed by atoms with Gasteiger partial charge in [0.1, 0.15) is 0 Å². The van der Waals surface area contributed by atoms with Gasteiger partial charge in [-0.25, -0.2) is 0 Å². The average molecular weight is 453 g/mol. The van der Waals surface area contributed by atoms with Gasteiger partial charge in [0.05, 0.1) is 17.0 Å². The van der Waals surface area contributed by atoms with Gasteiger partial charge < -0.3 is 5.32 Å². The largest absolute Gasteiger partial charge is 0.418 e. The van der Waals surface area contributed by atoms with Crippen LogP contribution in [0.15, 0.2) is 47.5 Å². The van der Waals surface area contributed by atoms with Crippen LogP contribution >= 0.6 is 23.1 Å². The fourth-order valence-corrected chi connectivity index (χ4v) is 4.39. The Hall–Kier alpha value is -2.59. The molecule has 0 radical (unpaired) electrons. The number of hydrogen-bond acceptors (Lipinski definition) is 5. The Labute approximate surface area is 180 Å². The van der Waals surface area contributed by atoms with Gasteiger partial charge in [0, 0.05) is 22.4 Å². The Morgan fingerprint density at radius 2 is 2.03 bits per heavy atom. The molecule has 3 rings (SSSR count). The highest BCUT2D eigenvalue weighted by atomic mass is 32.2. The molecule has 2 aromatic heterocycles. The summed E-state index contributed by atoms with van der Waals surface area (Å²) in [5.41, 5.74) is 0.912. The number of thiophene rings is 1. The van der Waals surface area contributed by atoms with E-state index < -0.39 is 17.6 Å². The Morgan fingerprint density at radius 1 is 1.30 bits per heavy atom. The number of thioether (sulfide) groups is 1. The predicted molar refractivity (Wildman–Crippen MR) is 114 cm³/mol. The number of alkyl halides is 3. The first-order valence-corrected chi connectivity index (χ1v) is 10.8. The number of para-hydroxylation sites is 1. The molecular formula is C20H19F3N4OS2. The van der Waals surface area contributed by atoms with Gasteiger partial charge in [0.15, 0.2) is 11.0 Å². The molecule has 0 spiro atoms. The molecule has 1 amide bonds. The van der Waals surface area contributed by atoms with E-state index in [1.165, 1.54) is 23.1 Å². The lowest BCUT2D eigenvalue weighted by Crippen LogP contribution is -2.18. The van der Waals surface area contributed by atoms with E-state index in [1.54, 1.807) is 17.4 Å². The second-order valence-electron chi connectivity index (χ2n) is 6.42. The maximum absolute atomic E-state index is 13.1. The lowest BCUT2D eigenvalue weighted by atomic mass is 10.1. The molecule has 0 unspecified atom stereocenters. The Bertz CT molecular complexity index is 1070. The molecule has 0 aliphatic heterocycles. The van der Waals surface area contributed by atoms with Crippen LogP contribution in [0.5, 0.6) is 0 Å². The first-order valence-electron chi connectivity index (χ1n) is 8.90. The highest BCUT2D eigenvalue weighted by Gasteiger charge is 2.33. The van der Waals surface area contributed by atoms with Crippen LogP contribution in [-0.2, 0) is 17.5 Å². The maximum atomic E-state index is 13.1. The minimum Gasteiger partial charge on any atom is -0.325 e. The molecule has 0 saturated heterocycles. The van der Waals surface area contributed by atoms with Crippen LogP contribution in [0.1, 0.15) is 16.0 Å². The summed E-state index contributed by atoms with van der Waals surface area (Å²) < 4.78 is 41.1. The van der Waals surface area contributed by atoms with Gasteiger partial charge in [-0.1, -0.05) is 30.0 Å². The zero-order valence-electron chi connectivity index (χ0n) is 16.3. The number of amides is 1. The normalized spacial score (nSPS) is 11.5. The number of aryl methyl sites for hydroxylation is 1. The average Bonchev–Trinajstić information content (AvgIpc) is 3.23. The van der Waals surface area contributed by atoms with E-state index in [4.69, 9.17) is 0 Å². The third-order valence-electron chi connectivity index (χ3n) is 4.39. The molecule has 30 heavy (non-hydrogen) atoms. The van der Waals surface area contributed by atoms with Crippen molar-refractivity contribution in [1.29, 1.82) is 0 Å². The zero-order chi connectivity index (χ0) is 21.9. The van der Waals surface area contributed by atoms with Crippen LogP contribution in [0, 0.1) is 13.8 Å². The van der Waals surface area contributed by atoms with Crippen molar-refractivity contribution in [1.82, 2.24) is 14.8 Å². The van der Waals surface area contributed by atoms with Gasteiger partial charge >= 0.3 is 6.18 Å². The van der Waals surface area contributed by atoms with Crippen LogP contribution in [0.2, 0.25) is 0 Å². The fraction of sp³-hybridized carbons (Fsp3) is 0.250. The minimum atomic E-state index is -4.55. The molecule has 0 saturated carbocycles. The van der Waals surface area contributed by atoms with Crippen molar-refractivity contribution in [2.75, 3.05) is 11.1 Å². The van der Waals surface area contributed by atoms with Gasteiger partial charge in [-0.2, -0.15) is 13.2 Å². The van der Waals surface area contributed by atoms with Crippen molar-refractivity contribution < 1.29 is 18.0 Å². The first-order chi connectivity index (χ1) is 14.2. The first kappa shape index (κ1) is 22.1. The Morgan fingerprint density at radius 3 is 2.67 bits per heavy atom. The van der Waals surface area contributed by atoms with Gasteiger partial charge in [-0.05, 0) is 31.5 Å². The smallest absolute Gasteiger partial charge is 0.325 e. The van der Waals surface area contributed by atoms with Crippen molar-refractivity contribution in [3.63, 3.8) is 0 Å². The number of halogens is 3. The molecule has 158 valence electrons. The van der Waals surface area contributed by atoms with Crippen LogP contribution in [-0.4, -0.2) is 26.4 Å². The van der Waals surface area contributed by atoms with E-state index in [0.29, 0.717) is 17.5 Å².